The third kappa shape index (κ3) is 3.35. The van der Waals surface area contributed by atoms with Crippen molar-refractivity contribution in [3.8, 4) is 0 Å². The molecule has 2 N–H and O–H groups in total. The maximum Gasteiger partial charge on any atom is 0.410 e. The molecule has 0 aromatic heterocycles. The first-order valence-electron chi connectivity index (χ1n) is 4.64. The van der Waals surface area contributed by atoms with Crippen molar-refractivity contribution in [2.45, 2.75) is 38.8 Å². The van der Waals surface area contributed by atoms with E-state index in [1.807, 2.05) is 20.8 Å². The molecule has 0 aliphatic carbocycles. The highest BCUT2D eigenvalue weighted by molar-refractivity contribution is 5.85. The van der Waals surface area contributed by atoms with Gasteiger partial charge in [-0.1, -0.05) is 0 Å². The summed E-state index contributed by atoms with van der Waals surface area (Å²) in [6, 6.07) is 0.190. The first kappa shape index (κ1) is 13.5. The van der Waals surface area contributed by atoms with Gasteiger partial charge in [-0.25, -0.2) is 4.79 Å². The Morgan fingerprint density at radius 3 is 2.43 bits per heavy atom. The Morgan fingerprint density at radius 1 is 1.57 bits per heavy atom. The van der Waals surface area contributed by atoms with Crippen molar-refractivity contribution in [2.24, 2.45) is 5.73 Å². The monoisotopic (exact) mass is 222 g/mol. The standard InChI is InChI=1S/C9H18N2O2.ClH/c1-9(2,3)13-8(12)11-5-4-7(11)6-10;/h7H,4-6,10H2,1-3H3;1H. The highest BCUT2D eigenvalue weighted by Gasteiger charge is 2.33. The molecule has 0 saturated carbocycles. The SMILES string of the molecule is CC(C)(C)OC(=O)N1CCC1CN.Cl. The van der Waals surface area contributed by atoms with Gasteiger partial charge in [-0.15, -0.1) is 12.4 Å². The number of amides is 1. The molecule has 1 atom stereocenters. The van der Waals surface area contributed by atoms with Gasteiger partial charge in [-0.3, -0.25) is 0 Å². The van der Waals surface area contributed by atoms with Gasteiger partial charge in [0.2, 0.25) is 0 Å². The molecule has 0 spiro atoms. The predicted octanol–water partition coefficient (Wildman–Crippen LogP) is 1.38. The van der Waals surface area contributed by atoms with Crippen LogP contribution in [0.2, 0.25) is 0 Å². The lowest BCUT2D eigenvalue weighted by atomic mass is 10.0. The van der Waals surface area contributed by atoms with E-state index in [0.29, 0.717) is 6.54 Å². The smallest absolute Gasteiger partial charge is 0.410 e. The molecule has 14 heavy (non-hydrogen) atoms. The molecular weight excluding hydrogens is 204 g/mol. The molecule has 1 aliphatic rings. The van der Waals surface area contributed by atoms with Gasteiger partial charge in [0.05, 0.1) is 0 Å². The van der Waals surface area contributed by atoms with Crippen molar-refractivity contribution in [2.75, 3.05) is 13.1 Å². The van der Waals surface area contributed by atoms with Gasteiger partial charge in [0, 0.05) is 19.1 Å². The molecule has 1 amide bonds. The summed E-state index contributed by atoms with van der Waals surface area (Å²) in [5, 5.41) is 0. The number of hydrogen-bond acceptors (Lipinski definition) is 3. The van der Waals surface area contributed by atoms with Crippen LogP contribution in [0.1, 0.15) is 27.2 Å². The van der Waals surface area contributed by atoms with Crippen LogP contribution in [-0.2, 0) is 4.74 Å². The molecule has 4 nitrogen and oxygen atoms in total. The normalized spacial score (nSPS) is 20.9. The third-order valence-corrected chi connectivity index (χ3v) is 2.04. The van der Waals surface area contributed by atoms with E-state index in [-0.39, 0.29) is 24.5 Å². The molecule has 0 aromatic carbocycles. The van der Waals surface area contributed by atoms with E-state index in [9.17, 15) is 4.79 Å². The molecule has 1 unspecified atom stereocenters. The lowest BCUT2D eigenvalue weighted by Crippen LogP contribution is -2.55. The minimum absolute atomic E-state index is 0. The maximum atomic E-state index is 11.5. The van der Waals surface area contributed by atoms with Crippen molar-refractivity contribution in [3.63, 3.8) is 0 Å². The van der Waals surface area contributed by atoms with Gasteiger partial charge in [0.1, 0.15) is 5.60 Å². The fourth-order valence-electron chi connectivity index (χ4n) is 1.25. The van der Waals surface area contributed by atoms with E-state index in [2.05, 4.69) is 0 Å². The minimum atomic E-state index is -0.411. The average Bonchev–Trinajstić information content (AvgIpc) is 1.80. The molecule has 84 valence electrons. The van der Waals surface area contributed by atoms with Gasteiger partial charge in [0.25, 0.3) is 0 Å². The van der Waals surface area contributed by atoms with E-state index in [1.165, 1.54) is 0 Å². The van der Waals surface area contributed by atoms with Gasteiger partial charge >= 0.3 is 6.09 Å². The van der Waals surface area contributed by atoms with Crippen LogP contribution in [0.15, 0.2) is 0 Å². The summed E-state index contributed by atoms with van der Waals surface area (Å²) in [6.45, 7) is 6.89. The van der Waals surface area contributed by atoms with Crippen LogP contribution < -0.4 is 5.73 Å². The zero-order valence-electron chi connectivity index (χ0n) is 8.95. The van der Waals surface area contributed by atoms with Crippen LogP contribution in [0.3, 0.4) is 0 Å². The molecule has 1 rings (SSSR count). The highest BCUT2D eigenvalue weighted by Crippen LogP contribution is 2.19. The summed E-state index contributed by atoms with van der Waals surface area (Å²) in [4.78, 5) is 13.1. The Balaban J connectivity index is 0.00000169. The van der Waals surface area contributed by atoms with Gasteiger partial charge in [-0.05, 0) is 27.2 Å². The van der Waals surface area contributed by atoms with E-state index in [4.69, 9.17) is 10.5 Å². The summed E-state index contributed by atoms with van der Waals surface area (Å²) >= 11 is 0. The second-order valence-corrected chi connectivity index (χ2v) is 4.35. The van der Waals surface area contributed by atoms with Gasteiger partial charge in [-0.2, -0.15) is 0 Å². The Kier molecular flexibility index (Phi) is 4.68. The Hall–Kier alpha value is -0.480. The number of nitrogens with two attached hydrogens (primary N) is 1. The lowest BCUT2D eigenvalue weighted by molar-refractivity contribution is -0.00346. The zero-order valence-corrected chi connectivity index (χ0v) is 9.76. The summed E-state index contributed by atoms with van der Waals surface area (Å²) in [5.74, 6) is 0. The van der Waals surface area contributed by atoms with Crippen LogP contribution in [0.4, 0.5) is 4.79 Å². The largest absolute Gasteiger partial charge is 0.444 e. The quantitative estimate of drug-likeness (QED) is 0.729. The first-order valence-corrected chi connectivity index (χ1v) is 4.64. The topological polar surface area (TPSA) is 55.6 Å². The van der Waals surface area contributed by atoms with Gasteiger partial charge in [0.15, 0.2) is 0 Å². The van der Waals surface area contributed by atoms with E-state index < -0.39 is 5.60 Å². The van der Waals surface area contributed by atoms with Gasteiger partial charge < -0.3 is 15.4 Å². The molecule has 1 saturated heterocycles. The van der Waals surface area contributed by atoms with Crippen LogP contribution in [0.5, 0.6) is 0 Å². The number of rotatable bonds is 1. The third-order valence-electron chi connectivity index (χ3n) is 2.04. The van der Waals surface area contributed by atoms with Crippen LogP contribution in [0.25, 0.3) is 0 Å². The Labute approximate surface area is 91.2 Å². The maximum absolute atomic E-state index is 11.5. The lowest BCUT2D eigenvalue weighted by Gasteiger charge is -2.40. The number of carbonyl (C=O) groups excluding carboxylic acids is 1. The zero-order chi connectivity index (χ0) is 10.1. The summed E-state index contributed by atoms with van der Waals surface area (Å²) < 4.78 is 5.21. The molecule has 5 heteroatoms. The molecule has 0 aromatic rings. The van der Waals surface area contributed by atoms with E-state index >= 15 is 0 Å². The van der Waals surface area contributed by atoms with Crippen molar-refractivity contribution >= 4 is 18.5 Å². The number of likely N-dealkylation sites (tertiary alicyclic amines) is 1. The number of hydrogen-bond donors (Lipinski definition) is 1. The molecule has 0 radical (unpaired) electrons. The molecule has 1 fully saturated rings. The Bertz CT molecular complexity index is 201. The van der Waals surface area contributed by atoms with Crippen LogP contribution >= 0.6 is 12.4 Å². The van der Waals surface area contributed by atoms with Crippen LogP contribution in [-0.4, -0.2) is 35.7 Å². The van der Waals surface area contributed by atoms with Crippen molar-refractivity contribution in [1.82, 2.24) is 4.90 Å². The number of ether oxygens (including phenoxy) is 1. The first-order chi connectivity index (χ1) is 5.94. The van der Waals surface area contributed by atoms with Crippen molar-refractivity contribution in [1.29, 1.82) is 0 Å². The second kappa shape index (κ2) is 4.84. The average molecular weight is 223 g/mol. The molecule has 1 heterocycles. The summed E-state index contributed by atoms with van der Waals surface area (Å²) in [6.07, 6.45) is 0.754. The molecule has 1 aliphatic heterocycles. The fourth-order valence-corrected chi connectivity index (χ4v) is 1.25. The summed E-state index contributed by atoms with van der Waals surface area (Å²) in [5.41, 5.74) is 5.07. The van der Waals surface area contributed by atoms with E-state index in [0.717, 1.165) is 13.0 Å². The second-order valence-electron chi connectivity index (χ2n) is 4.35. The fraction of sp³-hybridized carbons (Fsp3) is 0.889. The number of halogens is 1. The summed E-state index contributed by atoms with van der Waals surface area (Å²) in [7, 11) is 0. The highest BCUT2D eigenvalue weighted by atomic mass is 35.5. The van der Waals surface area contributed by atoms with Crippen LogP contribution in [0, 0.1) is 0 Å². The number of carbonyl (C=O) groups is 1. The number of nitrogens with zero attached hydrogens (tertiary/aromatic N) is 1. The predicted molar refractivity (Wildman–Crippen MR) is 57.6 cm³/mol. The molecular formula is C9H19ClN2O2. The molecule has 0 bridgehead atoms. The minimum Gasteiger partial charge on any atom is -0.444 e. The van der Waals surface area contributed by atoms with Crippen molar-refractivity contribution in [3.05, 3.63) is 0 Å². The van der Waals surface area contributed by atoms with Crippen molar-refractivity contribution < 1.29 is 9.53 Å². The van der Waals surface area contributed by atoms with E-state index in [1.54, 1.807) is 4.90 Å². The Morgan fingerprint density at radius 2 is 2.14 bits per heavy atom.